The van der Waals surface area contributed by atoms with Gasteiger partial charge in [-0.15, -0.1) is 0 Å². The van der Waals surface area contributed by atoms with E-state index in [1.807, 2.05) is 19.9 Å². The number of carbonyl (C=O) groups excluding carboxylic acids is 1. The van der Waals surface area contributed by atoms with Crippen molar-refractivity contribution in [3.63, 3.8) is 0 Å². The number of hydrogen-bond donors (Lipinski definition) is 1. The zero-order chi connectivity index (χ0) is 16.1. The van der Waals surface area contributed by atoms with Gasteiger partial charge in [0.2, 0.25) is 5.91 Å². The maximum Gasteiger partial charge on any atom is 0.220 e. The fourth-order valence-corrected chi connectivity index (χ4v) is 2.75. The monoisotopic (exact) mass is 340 g/mol. The number of benzene rings is 1. The molecule has 0 fully saturated rings. The summed E-state index contributed by atoms with van der Waals surface area (Å²) in [5.74, 6) is 0.781. The van der Waals surface area contributed by atoms with Gasteiger partial charge in [0.15, 0.2) is 0 Å². The molecule has 0 bridgehead atoms. The van der Waals surface area contributed by atoms with Crippen LogP contribution in [0.5, 0.6) is 0 Å². The molecular weight excluding hydrogens is 323 g/mol. The van der Waals surface area contributed by atoms with Crippen LogP contribution in [0.25, 0.3) is 0 Å². The first-order valence-corrected chi connectivity index (χ1v) is 7.85. The predicted molar refractivity (Wildman–Crippen MR) is 87.5 cm³/mol. The molecule has 1 amide bonds. The van der Waals surface area contributed by atoms with Gasteiger partial charge in [0, 0.05) is 28.6 Å². The smallest absolute Gasteiger partial charge is 0.220 e. The van der Waals surface area contributed by atoms with Gasteiger partial charge in [-0.1, -0.05) is 34.4 Å². The fourth-order valence-electron chi connectivity index (χ4n) is 2.25. The van der Waals surface area contributed by atoms with Gasteiger partial charge in [-0.05, 0) is 44.4 Å². The molecule has 1 N–H and O–H groups in total. The van der Waals surface area contributed by atoms with E-state index in [0.29, 0.717) is 35.9 Å². The Kier molecular flexibility index (Phi) is 5.86. The molecule has 1 heterocycles. The zero-order valence-corrected chi connectivity index (χ0v) is 14.1. The first-order valence-electron chi connectivity index (χ1n) is 7.09. The molecular formula is C16H18Cl2N2O2. The van der Waals surface area contributed by atoms with Crippen molar-refractivity contribution in [1.82, 2.24) is 10.5 Å². The van der Waals surface area contributed by atoms with Crippen LogP contribution in [0.15, 0.2) is 22.7 Å². The van der Waals surface area contributed by atoms with Crippen molar-refractivity contribution in [3.05, 3.63) is 50.8 Å². The number of amides is 1. The van der Waals surface area contributed by atoms with Gasteiger partial charge >= 0.3 is 0 Å². The topological polar surface area (TPSA) is 55.1 Å². The van der Waals surface area contributed by atoms with Crippen LogP contribution in [0.2, 0.25) is 10.0 Å². The minimum atomic E-state index is 0.00471. The third-order valence-electron chi connectivity index (χ3n) is 3.51. The second-order valence-electron chi connectivity index (χ2n) is 5.14. The summed E-state index contributed by atoms with van der Waals surface area (Å²) in [6.45, 7) is 4.28. The number of aryl methyl sites for hydroxylation is 2. The summed E-state index contributed by atoms with van der Waals surface area (Å²) in [6.07, 6.45) is 1.72. The van der Waals surface area contributed by atoms with E-state index in [1.54, 1.807) is 12.1 Å². The Bertz CT molecular complexity index is 649. The predicted octanol–water partition coefficient (Wildman–Crippen LogP) is 3.89. The SMILES string of the molecule is Cc1noc(C)c1CCC(=O)NCCc1ccc(Cl)cc1Cl. The van der Waals surface area contributed by atoms with Crippen LogP contribution in [0, 0.1) is 13.8 Å². The minimum Gasteiger partial charge on any atom is -0.361 e. The van der Waals surface area contributed by atoms with Crippen molar-refractivity contribution in [2.24, 2.45) is 0 Å². The minimum absolute atomic E-state index is 0.00471. The molecule has 0 radical (unpaired) electrons. The molecule has 2 aromatic rings. The van der Waals surface area contributed by atoms with Crippen molar-refractivity contribution in [1.29, 1.82) is 0 Å². The Morgan fingerprint density at radius 3 is 2.68 bits per heavy atom. The maximum absolute atomic E-state index is 11.9. The van der Waals surface area contributed by atoms with Gasteiger partial charge in [-0.2, -0.15) is 0 Å². The summed E-state index contributed by atoms with van der Waals surface area (Å²) in [6, 6.07) is 5.38. The van der Waals surface area contributed by atoms with E-state index in [9.17, 15) is 4.79 Å². The molecule has 118 valence electrons. The maximum atomic E-state index is 11.9. The highest BCUT2D eigenvalue weighted by atomic mass is 35.5. The van der Waals surface area contributed by atoms with Gasteiger partial charge < -0.3 is 9.84 Å². The molecule has 4 nitrogen and oxygen atoms in total. The van der Waals surface area contributed by atoms with Crippen molar-refractivity contribution in [2.45, 2.75) is 33.1 Å². The Labute approximate surface area is 139 Å². The van der Waals surface area contributed by atoms with Crippen LogP contribution < -0.4 is 5.32 Å². The molecule has 0 spiro atoms. The van der Waals surface area contributed by atoms with E-state index in [2.05, 4.69) is 10.5 Å². The van der Waals surface area contributed by atoms with Crippen LogP contribution in [0.3, 0.4) is 0 Å². The summed E-state index contributed by atoms with van der Waals surface area (Å²) in [5.41, 5.74) is 2.83. The lowest BCUT2D eigenvalue weighted by Crippen LogP contribution is -2.26. The number of carbonyl (C=O) groups is 1. The highest BCUT2D eigenvalue weighted by Gasteiger charge is 2.11. The quantitative estimate of drug-likeness (QED) is 0.867. The Hall–Kier alpha value is -1.52. The van der Waals surface area contributed by atoms with Gasteiger partial charge in [0.25, 0.3) is 0 Å². The third-order valence-corrected chi connectivity index (χ3v) is 4.10. The molecule has 1 aromatic carbocycles. The van der Waals surface area contributed by atoms with E-state index < -0.39 is 0 Å². The number of nitrogens with zero attached hydrogens (tertiary/aromatic N) is 1. The molecule has 0 aliphatic heterocycles. The summed E-state index contributed by atoms with van der Waals surface area (Å²) in [4.78, 5) is 11.9. The van der Waals surface area contributed by atoms with Crippen molar-refractivity contribution >= 4 is 29.1 Å². The fraction of sp³-hybridized carbons (Fsp3) is 0.375. The highest BCUT2D eigenvalue weighted by Crippen LogP contribution is 2.21. The van der Waals surface area contributed by atoms with Crippen molar-refractivity contribution in [3.8, 4) is 0 Å². The van der Waals surface area contributed by atoms with Gasteiger partial charge in [0.05, 0.1) is 5.69 Å². The van der Waals surface area contributed by atoms with Crippen LogP contribution in [-0.2, 0) is 17.6 Å². The third kappa shape index (κ3) is 4.49. The summed E-state index contributed by atoms with van der Waals surface area (Å²) >= 11 is 11.9. The molecule has 0 unspecified atom stereocenters. The first-order chi connectivity index (χ1) is 10.5. The van der Waals surface area contributed by atoms with E-state index >= 15 is 0 Å². The number of nitrogens with one attached hydrogen (secondary N) is 1. The lowest BCUT2D eigenvalue weighted by molar-refractivity contribution is -0.121. The molecule has 1 aromatic heterocycles. The van der Waals surface area contributed by atoms with Crippen LogP contribution in [0.1, 0.15) is 29.0 Å². The molecule has 0 saturated heterocycles. The lowest BCUT2D eigenvalue weighted by atomic mass is 10.1. The molecule has 0 aliphatic rings. The van der Waals surface area contributed by atoms with Crippen molar-refractivity contribution in [2.75, 3.05) is 6.54 Å². The second kappa shape index (κ2) is 7.65. The van der Waals surface area contributed by atoms with Crippen LogP contribution in [0.4, 0.5) is 0 Å². The van der Waals surface area contributed by atoms with Gasteiger partial charge in [-0.25, -0.2) is 0 Å². The van der Waals surface area contributed by atoms with Crippen molar-refractivity contribution < 1.29 is 9.32 Å². The zero-order valence-electron chi connectivity index (χ0n) is 12.6. The Morgan fingerprint density at radius 2 is 2.05 bits per heavy atom. The number of rotatable bonds is 6. The average Bonchev–Trinajstić information content (AvgIpc) is 2.78. The normalized spacial score (nSPS) is 10.7. The van der Waals surface area contributed by atoms with Gasteiger partial charge in [0.1, 0.15) is 5.76 Å². The van der Waals surface area contributed by atoms with E-state index in [1.165, 1.54) is 0 Å². The van der Waals surface area contributed by atoms with E-state index in [-0.39, 0.29) is 5.91 Å². The highest BCUT2D eigenvalue weighted by molar-refractivity contribution is 6.35. The Balaban J connectivity index is 1.76. The van der Waals surface area contributed by atoms with E-state index in [0.717, 1.165) is 22.6 Å². The number of halogens is 2. The molecule has 0 aliphatic carbocycles. The summed E-state index contributed by atoms with van der Waals surface area (Å²) < 4.78 is 5.08. The molecule has 2 rings (SSSR count). The number of hydrogen-bond acceptors (Lipinski definition) is 3. The Morgan fingerprint density at radius 1 is 1.27 bits per heavy atom. The van der Waals surface area contributed by atoms with Crippen LogP contribution >= 0.6 is 23.2 Å². The number of aromatic nitrogens is 1. The second-order valence-corrected chi connectivity index (χ2v) is 5.98. The lowest BCUT2D eigenvalue weighted by Gasteiger charge is -2.07. The van der Waals surface area contributed by atoms with Crippen LogP contribution in [-0.4, -0.2) is 17.6 Å². The van der Waals surface area contributed by atoms with Gasteiger partial charge in [-0.3, -0.25) is 4.79 Å². The summed E-state index contributed by atoms with van der Waals surface area (Å²) in [7, 11) is 0. The average molecular weight is 341 g/mol. The van der Waals surface area contributed by atoms with E-state index in [4.69, 9.17) is 27.7 Å². The largest absolute Gasteiger partial charge is 0.361 e. The molecule has 22 heavy (non-hydrogen) atoms. The summed E-state index contributed by atoms with van der Waals surface area (Å²) in [5, 5.41) is 8.00. The molecule has 0 saturated carbocycles. The first kappa shape index (κ1) is 16.8. The molecule has 6 heteroatoms. The standard InChI is InChI=1S/C16H18Cl2N2O2/c1-10-14(11(2)22-20-10)5-6-16(21)19-8-7-12-3-4-13(17)9-15(12)18/h3-4,9H,5-8H2,1-2H3,(H,19,21). The molecule has 0 atom stereocenters.